The van der Waals surface area contributed by atoms with Gasteiger partial charge in [-0.05, 0) is 43.3 Å². The number of carbonyl (C=O) groups excluding carboxylic acids is 3. The van der Waals surface area contributed by atoms with Crippen molar-refractivity contribution < 1.29 is 23.9 Å². The summed E-state index contributed by atoms with van der Waals surface area (Å²) in [6, 6.07) is 16.1. The van der Waals surface area contributed by atoms with Crippen molar-refractivity contribution in [3.8, 4) is 5.75 Å². The zero-order chi connectivity index (χ0) is 21.5. The first kappa shape index (κ1) is 21.2. The van der Waals surface area contributed by atoms with Crippen LogP contribution in [0.3, 0.4) is 0 Å². The van der Waals surface area contributed by atoms with E-state index in [2.05, 4.69) is 4.90 Å². The summed E-state index contributed by atoms with van der Waals surface area (Å²) in [7, 11) is 0. The third-order valence-electron chi connectivity index (χ3n) is 4.82. The van der Waals surface area contributed by atoms with Gasteiger partial charge in [-0.2, -0.15) is 0 Å². The van der Waals surface area contributed by atoms with Gasteiger partial charge in [0.1, 0.15) is 5.75 Å². The van der Waals surface area contributed by atoms with E-state index in [4.69, 9.17) is 15.2 Å². The number of para-hydroxylation sites is 1. The molecule has 2 amide bonds. The van der Waals surface area contributed by atoms with Crippen molar-refractivity contribution in [3.63, 3.8) is 0 Å². The number of hydrogen-bond donors (Lipinski definition) is 1. The summed E-state index contributed by atoms with van der Waals surface area (Å²) in [5.74, 6) is -0.987. The summed E-state index contributed by atoms with van der Waals surface area (Å²) in [5, 5.41) is 0. The van der Waals surface area contributed by atoms with Gasteiger partial charge < -0.3 is 25.0 Å². The Hall–Kier alpha value is -3.55. The number of primary amides is 1. The molecule has 0 spiro atoms. The van der Waals surface area contributed by atoms with Crippen molar-refractivity contribution in [2.75, 3.05) is 37.7 Å². The van der Waals surface area contributed by atoms with Crippen LogP contribution in [0.5, 0.6) is 5.75 Å². The summed E-state index contributed by atoms with van der Waals surface area (Å²) in [6.07, 6.45) is -0.883. The number of nitrogens with zero attached hydrogens (tertiary/aromatic N) is 2. The highest BCUT2D eigenvalue weighted by Crippen LogP contribution is 2.17. The molecule has 2 aromatic carbocycles. The van der Waals surface area contributed by atoms with Crippen LogP contribution in [0.1, 0.15) is 17.3 Å². The molecule has 1 aliphatic rings. The zero-order valence-corrected chi connectivity index (χ0v) is 16.8. The summed E-state index contributed by atoms with van der Waals surface area (Å²) >= 11 is 0. The van der Waals surface area contributed by atoms with E-state index in [0.29, 0.717) is 18.8 Å². The summed E-state index contributed by atoms with van der Waals surface area (Å²) in [5.41, 5.74) is 6.44. The molecule has 8 nitrogen and oxygen atoms in total. The minimum absolute atomic E-state index is 0.211. The lowest BCUT2D eigenvalue weighted by molar-refractivity contribution is -0.140. The van der Waals surface area contributed by atoms with Crippen LogP contribution in [-0.2, 0) is 14.3 Å². The highest BCUT2D eigenvalue weighted by molar-refractivity contribution is 5.92. The molecule has 0 aromatic heterocycles. The standard InChI is InChI=1S/C22H25N3O5/c1-16(30-22(28)17-7-9-19(10-8-17)29-15-20(23)26)21(27)25-13-11-24(12-14-25)18-5-3-2-4-6-18/h2-10,16H,11-15H2,1H3,(H2,23,26)/t16-/m0/s1. The number of ether oxygens (including phenoxy) is 2. The molecule has 0 aliphatic carbocycles. The lowest BCUT2D eigenvalue weighted by atomic mass is 10.2. The molecule has 8 heteroatoms. The van der Waals surface area contributed by atoms with Crippen molar-refractivity contribution in [2.24, 2.45) is 5.73 Å². The van der Waals surface area contributed by atoms with Crippen LogP contribution in [-0.4, -0.2) is 61.6 Å². The topological polar surface area (TPSA) is 102 Å². The minimum atomic E-state index is -0.883. The normalized spacial score (nSPS) is 14.7. The monoisotopic (exact) mass is 411 g/mol. The van der Waals surface area contributed by atoms with Gasteiger partial charge in [0, 0.05) is 31.9 Å². The maximum absolute atomic E-state index is 12.7. The van der Waals surface area contributed by atoms with Crippen LogP contribution in [0.4, 0.5) is 5.69 Å². The lowest BCUT2D eigenvalue weighted by Crippen LogP contribution is -2.51. The predicted octanol–water partition coefficient (Wildman–Crippen LogP) is 1.44. The molecule has 158 valence electrons. The van der Waals surface area contributed by atoms with E-state index in [-0.39, 0.29) is 18.1 Å². The van der Waals surface area contributed by atoms with Gasteiger partial charge in [0.2, 0.25) is 0 Å². The second-order valence-corrected chi connectivity index (χ2v) is 6.97. The Balaban J connectivity index is 1.49. The highest BCUT2D eigenvalue weighted by Gasteiger charge is 2.27. The fraction of sp³-hybridized carbons (Fsp3) is 0.318. The number of rotatable bonds is 7. The van der Waals surface area contributed by atoms with Crippen LogP contribution in [0.15, 0.2) is 54.6 Å². The van der Waals surface area contributed by atoms with Gasteiger partial charge in [0.15, 0.2) is 12.7 Å². The van der Waals surface area contributed by atoms with Crippen LogP contribution in [0, 0.1) is 0 Å². The first-order valence-electron chi connectivity index (χ1n) is 9.75. The summed E-state index contributed by atoms with van der Waals surface area (Å²) in [4.78, 5) is 39.7. The van der Waals surface area contributed by atoms with Crippen molar-refractivity contribution in [1.82, 2.24) is 4.90 Å². The van der Waals surface area contributed by atoms with Crippen molar-refractivity contribution in [1.29, 1.82) is 0 Å². The Morgan fingerprint density at radius 1 is 0.967 bits per heavy atom. The van der Waals surface area contributed by atoms with Gasteiger partial charge in [-0.25, -0.2) is 4.79 Å². The number of anilines is 1. The van der Waals surface area contributed by atoms with Crippen LogP contribution in [0.25, 0.3) is 0 Å². The third-order valence-corrected chi connectivity index (χ3v) is 4.82. The van der Waals surface area contributed by atoms with Gasteiger partial charge in [-0.1, -0.05) is 18.2 Å². The Labute approximate surface area is 175 Å². The van der Waals surface area contributed by atoms with E-state index < -0.39 is 18.0 Å². The first-order valence-corrected chi connectivity index (χ1v) is 9.75. The van der Waals surface area contributed by atoms with E-state index in [0.717, 1.165) is 18.8 Å². The molecule has 3 rings (SSSR count). The van der Waals surface area contributed by atoms with Crippen molar-refractivity contribution in [3.05, 3.63) is 60.2 Å². The summed E-state index contributed by atoms with van der Waals surface area (Å²) < 4.78 is 10.5. The molecule has 1 atom stereocenters. The number of nitrogens with two attached hydrogens (primary N) is 1. The smallest absolute Gasteiger partial charge is 0.338 e. The second kappa shape index (κ2) is 9.78. The van der Waals surface area contributed by atoms with Gasteiger partial charge in [0.05, 0.1) is 5.56 Å². The van der Waals surface area contributed by atoms with E-state index in [1.54, 1.807) is 11.8 Å². The fourth-order valence-corrected chi connectivity index (χ4v) is 3.20. The Morgan fingerprint density at radius 2 is 1.60 bits per heavy atom. The molecule has 0 radical (unpaired) electrons. The molecule has 1 heterocycles. The molecule has 0 unspecified atom stereocenters. The van der Waals surface area contributed by atoms with Gasteiger partial charge in [-0.3, -0.25) is 9.59 Å². The van der Waals surface area contributed by atoms with Crippen LogP contribution < -0.4 is 15.4 Å². The molecule has 1 aliphatic heterocycles. The molecule has 2 aromatic rings. The SMILES string of the molecule is C[C@H](OC(=O)c1ccc(OCC(N)=O)cc1)C(=O)N1CCN(c2ccccc2)CC1. The molecule has 1 fully saturated rings. The van der Waals surface area contributed by atoms with Crippen LogP contribution >= 0.6 is 0 Å². The van der Waals surface area contributed by atoms with E-state index >= 15 is 0 Å². The molecule has 1 saturated heterocycles. The zero-order valence-electron chi connectivity index (χ0n) is 16.8. The van der Waals surface area contributed by atoms with Gasteiger partial charge >= 0.3 is 5.97 Å². The van der Waals surface area contributed by atoms with Gasteiger partial charge in [-0.15, -0.1) is 0 Å². The Bertz CT molecular complexity index is 877. The minimum Gasteiger partial charge on any atom is -0.484 e. The third kappa shape index (κ3) is 5.50. The molecular weight excluding hydrogens is 386 g/mol. The van der Waals surface area contributed by atoms with Crippen molar-refractivity contribution in [2.45, 2.75) is 13.0 Å². The number of esters is 1. The first-order chi connectivity index (χ1) is 14.4. The number of carbonyl (C=O) groups is 3. The maximum Gasteiger partial charge on any atom is 0.338 e. The largest absolute Gasteiger partial charge is 0.484 e. The van der Waals surface area contributed by atoms with Crippen molar-refractivity contribution >= 4 is 23.5 Å². The second-order valence-electron chi connectivity index (χ2n) is 6.97. The Kier molecular flexibility index (Phi) is 6.90. The number of hydrogen-bond acceptors (Lipinski definition) is 6. The van der Waals surface area contributed by atoms with Crippen LogP contribution in [0.2, 0.25) is 0 Å². The van der Waals surface area contributed by atoms with E-state index in [9.17, 15) is 14.4 Å². The molecule has 0 bridgehead atoms. The quantitative estimate of drug-likeness (QED) is 0.692. The fourth-order valence-electron chi connectivity index (χ4n) is 3.20. The summed E-state index contributed by atoms with van der Waals surface area (Å²) in [6.45, 7) is 3.93. The maximum atomic E-state index is 12.7. The van der Waals surface area contributed by atoms with Gasteiger partial charge in [0.25, 0.3) is 11.8 Å². The molecular formula is C22H25N3O5. The average Bonchev–Trinajstić information content (AvgIpc) is 2.78. The molecule has 0 saturated carbocycles. The average molecular weight is 411 g/mol. The lowest BCUT2D eigenvalue weighted by Gasteiger charge is -2.37. The highest BCUT2D eigenvalue weighted by atomic mass is 16.5. The molecule has 2 N–H and O–H groups in total. The molecule has 30 heavy (non-hydrogen) atoms. The van der Waals surface area contributed by atoms with E-state index in [1.807, 2.05) is 30.3 Å². The predicted molar refractivity (Wildman–Crippen MR) is 111 cm³/mol. The van der Waals surface area contributed by atoms with E-state index in [1.165, 1.54) is 24.3 Å². The Morgan fingerprint density at radius 3 is 2.20 bits per heavy atom. The number of benzene rings is 2. The number of piperazine rings is 1. The number of amides is 2.